The van der Waals surface area contributed by atoms with Crippen LogP contribution >= 0.6 is 0 Å². The highest BCUT2D eigenvalue weighted by molar-refractivity contribution is 5.39. The van der Waals surface area contributed by atoms with Crippen LogP contribution in [0.5, 0.6) is 5.75 Å². The highest BCUT2D eigenvalue weighted by atomic mass is 19.1. The van der Waals surface area contributed by atoms with E-state index in [1.54, 1.807) is 6.92 Å². The Morgan fingerprint density at radius 1 is 1.62 bits per heavy atom. The van der Waals surface area contributed by atoms with E-state index in [1.807, 2.05) is 0 Å². The zero-order valence-corrected chi connectivity index (χ0v) is 7.04. The molecule has 0 fully saturated rings. The number of aromatic hydroxyl groups is 1. The number of benzene rings is 1. The maximum absolute atomic E-state index is 12.9. The Morgan fingerprint density at radius 2 is 2.31 bits per heavy atom. The van der Waals surface area contributed by atoms with E-state index in [4.69, 9.17) is 0 Å². The minimum Gasteiger partial charge on any atom is -0.508 e. The lowest BCUT2D eigenvalue weighted by Gasteiger charge is -2.02. The molecule has 13 heavy (non-hydrogen) atoms. The van der Waals surface area contributed by atoms with Gasteiger partial charge in [0.2, 0.25) is 6.08 Å². The van der Waals surface area contributed by atoms with E-state index >= 15 is 0 Å². The number of carbonyl (C=O) groups excluding carboxylic acids is 1. The maximum atomic E-state index is 12.9. The second-order valence-electron chi connectivity index (χ2n) is 2.64. The first-order valence-electron chi connectivity index (χ1n) is 3.66. The Labute approximate surface area is 74.5 Å². The minimum atomic E-state index is -0.422. The number of hydrogen-bond acceptors (Lipinski definition) is 3. The molecule has 1 N–H and O–H groups in total. The van der Waals surface area contributed by atoms with Crippen molar-refractivity contribution in [2.75, 3.05) is 0 Å². The van der Waals surface area contributed by atoms with Gasteiger partial charge in [0.25, 0.3) is 0 Å². The Balaban J connectivity index is 3.07. The summed E-state index contributed by atoms with van der Waals surface area (Å²) in [7, 11) is 0. The summed E-state index contributed by atoms with van der Waals surface area (Å²) in [6, 6.07) is 2.45. The van der Waals surface area contributed by atoms with Crippen LogP contribution in [0.25, 0.3) is 0 Å². The van der Waals surface area contributed by atoms with E-state index < -0.39 is 5.82 Å². The van der Waals surface area contributed by atoms with Gasteiger partial charge in [-0.15, -0.1) is 0 Å². The molecule has 0 aromatic heterocycles. The van der Waals surface area contributed by atoms with Gasteiger partial charge < -0.3 is 5.11 Å². The van der Waals surface area contributed by atoms with E-state index in [0.717, 1.165) is 6.07 Å². The number of aliphatic imine (C=N–C) groups is 1. The van der Waals surface area contributed by atoms with Crippen molar-refractivity contribution in [3.63, 3.8) is 0 Å². The third-order valence-electron chi connectivity index (χ3n) is 1.67. The Kier molecular flexibility index (Phi) is 2.77. The van der Waals surface area contributed by atoms with Crippen molar-refractivity contribution in [1.82, 2.24) is 0 Å². The standard InChI is InChI=1S/C9H8FNO2/c1-6-2-9(13)7(3-8(6)10)4-11-5-12/h2-3,13H,4H2,1H3. The number of rotatable bonds is 2. The molecule has 0 heterocycles. The number of isocyanates is 1. The van der Waals surface area contributed by atoms with E-state index in [0.29, 0.717) is 5.56 Å². The third-order valence-corrected chi connectivity index (χ3v) is 1.67. The molecular formula is C9H8FNO2. The molecule has 0 amide bonds. The predicted molar refractivity (Wildman–Crippen MR) is 44.6 cm³/mol. The molecule has 1 aromatic rings. The molecule has 0 aliphatic rings. The van der Waals surface area contributed by atoms with Crippen LogP contribution in [0.3, 0.4) is 0 Å². The lowest BCUT2D eigenvalue weighted by molar-refractivity contribution is 0.464. The van der Waals surface area contributed by atoms with Crippen molar-refractivity contribution in [3.05, 3.63) is 29.1 Å². The monoisotopic (exact) mass is 181 g/mol. The topological polar surface area (TPSA) is 49.7 Å². The molecule has 4 heteroatoms. The average molecular weight is 181 g/mol. The molecule has 3 nitrogen and oxygen atoms in total. The highest BCUT2D eigenvalue weighted by Crippen LogP contribution is 2.21. The van der Waals surface area contributed by atoms with Crippen molar-refractivity contribution >= 4 is 6.08 Å². The van der Waals surface area contributed by atoms with Crippen molar-refractivity contribution in [3.8, 4) is 5.75 Å². The summed E-state index contributed by atoms with van der Waals surface area (Å²) in [5.74, 6) is -0.480. The molecule has 0 radical (unpaired) electrons. The van der Waals surface area contributed by atoms with Gasteiger partial charge in [0.1, 0.15) is 11.6 Å². The fourth-order valence-electron chi connectivity index (χ4n) is 0.952. The lowest BCUT2D eigenvalue weighted by Crippen LogP contribution is -1.88. The van der Waals surface area contributed by atoms with Crippen LogP contribution < -0.4 is 0 Å². The number of hydrogen-bond donors (Lipinski definition) is 1. The Hall–Kier alpha value is -1.67. The van der Waals surface area contributed by atoms with Gasteiger partial charge in [-0.2, -0.15) is 0 Å². The molecule has 0 aliphatic carbocycles. The van der Waals surface area contributed by atoms with Crippen LogP contribution in [0, 0.1) is 12.7 Å². The smallest absolute Gasteiger partial charge is 0.235 e. The van der Waals surface area contributed by atoms with Gasteiger partial charge in [-0.25, -0.2) is 14.2 Å². The first kappa shape index (κ1) is 9.42. The van der Waals surface area contributed by atoms with Crippen LogP contribution in [-0.2, 0) is 11.3 Å². The summed E-state index contributed by atoms with van der Waals surface area (Å²) < 4.78 is 12.9. The average Bonchev–Trinajstić information content (AvgIpc) is 2.09. The normalized spacial score (nSPS) is 9.38. The van der Waals surface area contributed by atoms with Gasteiger partial charge in [0, 0.05) is 5.56 Å². The molecular weight excluding hydrogens is 173 g/mol. The minimum absolute atomic E-state index is 0.0491. The zero-order chi connectivity index (χ0) is 9.84. The number of aryl methyl sites for hydroxylation is 1. The van der Waals surface area contributed by atoms with Crippen LogP contribution in [-0.4, -0.2) is 11.2 Å². The second kappa shape index (κ2) is 3.83. The first-order chi connectivity index (χ1) is 6.15. The van der Waals surface area contributed by atoms with E-state index in [1.165, 1.54) is 12.1 Å². The number of phenols is 1. The van der Waals surface area contributed by atoms with Crippen LogP contribution in [0.1, 0.15) is 11.1 Å². The van der Waals surface area contributed by atoms with Gasteiger partial charge >= 0.3 is 0 Å². The van der Waals surface area contributed by atoms with E-state index in [2.05, 4.69) is 4.99 Å². The van der Waals surface area contributed by atoms with Crippen LogP contribution in [0.4, 0.5) is 4.39 Å². The number of phenolic OH excluding ortho intramolecular Hbond substituents is 1. The molecule has 1 rings (SSSR count). The van der Waals surface area contributed by atoms with Crippen LogP contribution in [0.15, 0.2) is 17.1 Å². The summed E-state index contributed by atoms with van der Waals surface area (Å²) >= 11 is 0. The fourth-order valence-corrected chi connectivity index (χ4v) is 0.952. The molecule has 0 saturated heterocycles. The Bertz CT molecular complexity index is 370. The summed E-state index contributed by atoms with van der Waals surface area (Å²) in [5.41, 5.74) is 0.641. The van der Waals surface area contributed by atoms with Gasteiger partial charge in [-0.05, 0) is 24.6 Å². The van der Waals surface area contributed by atoms with Gasteiger partial charge in [0.05, 0.1) is 6.54 Å². The highest BCUT2D eigenvalue weighted by Gasteiger charge is 2.05. The van der Waals surface area contributed by atoms with Gasteiger partial charge in [-0.1, -0.05) is 0 Å². The predicted octanol–water partition coefficient (Wildman–Crippen LogP) is 1.68. The summed E-state index contributed by atoms with van der Waals surface area (Å²) in [5, 5.41) is 9.29. The molecule has 0 aliphatic heterocycles. The van der Waals surface area contributed by atoms with Crippen molar-refractivity contribution < 1.29 is 14.3 Å². The molecule has 0 bridgehead atoms. The summed E-state index contributed by atoms with van der Waals surface area (Å²) in [6.07, 6.45) is 1.32. The van der Waals surface area contributed by atoms with Crippen molar-refractivity contribution in [2.45, 2.75) is 13.5 Å². The summed E-state index contributed by atoms with van der Waals surface area (Å²) in [4.78, 5) is 13.0. The first-order valence-corrected chi connectivity index (χ1v) is 3.66. The van der Waals surface area contributed by atoms with Crippen molar-refractivity contribution in [2.24, 2.45) is 4.99 Å². The molecule has 0 spiro atoms. The van der Waals surface area contributed by atoms with Gasteiger partial charge in [-0.3, -0.25) is 0 Å². The zero-order valence-electron chi connectivity index (χ0n) is 7.04. The lowest BCUT2D eigenvalue weighted by atomic mass is 10.1. The maximum Gasteiger partial charge on any atom is 0.235 e. The third kappa shape index (κ3) is 2.13. The molecule has 68 valence electrons. The quantitative estimate of drug-likeness (QED) is 0.557. The fraction of sp³-hybridized carbons (Fsp3) is 0.222. The largest absolute Gasteiger partial charge is 0.508 e. The molecule has 0 unspecified atom stereocenters. The van der Waals surface area contributed by atoms with Gasteiger partial charge in [0.15, 0.2) is 0 Å². The summed E-state index contributed by atoms with van der Waals surface area (Å²) in [6.45, 7) is 1.49. The number of halogens is 1. The SMILES string of the molecule is Cc1cc(O)c(CN=C=O)cc1F. The van der Waals surface area contributed by atoms with E-state index in [9.17, 15) is 14.3 Å². The molecule has 1 aromatic carbocycles. The second-order valence-corrected chi connectivity index (χ2v) is 2.64. The molecule has 0 saturated carbocycles. The number of nitrogens with zero attached hydrogens (tertiary/aromatic N) is 1. The van der Waals surface area contributed by atoms with Crippen LogP contribution in [0.2, 0.25) is 0 Å². The van der Waals surface area contributed by atoms with E-state index in [-0.39, 0.29) is 17.9 Å². The Morgan fingerprint density at radius 3 is 2.92 bits per heavy atom. The molecule has 0 atom stereocenters. The van der Waals surface area contributed by atoms with Crippen molar-refractivity contribution in [1.29, 1.82) is 0 Å².